The fourth-order valence-electron chi connectivity index (χ4n) is 2.86. The summed E-state index contributed by atoms with van der Waals surface area (Å²) in [6.45, 7) is 3.66. The van der Waals surface area contributed by atoms with Crippen molar-refractivity contribution in [3.63, 3.8) is 0 Å². The van der Waals surface area contributed by atoms with E-state index in [1.807, 2.05) is 38.1 Å². The quantitative estimate of drug-likeness (QED) is 0.849. The van der Waals surface area contributed by atoms with Gasteiger partial charge in [0.05, 0.1) is 11.6 Å². The Labute approximate surface area is 145 Å². The van der Waals surface area contributed by atoms with Gasteiger partial charge in [0, 0.05) is 6.20 Å². The zero-order valence-corrected chi connectivity index (χ0v) is 14.2. The smallest absolute Gasteiger partial charge is 0.280 e. The number of fused-ring (bicyclic) bond motifs is 1. The third-order valence-electron chi connectivity index (χ3n) is 4.26. The fourth-order valence-corrected chi connectivity index (χ4v) is 2.86. The van der Waals surface area contributed by atoms with Gasteiger partial charge >= 0.3 is 0 Å². The number of hydrogen-bond donors (Lipinski definition) is 1. The highest BCUT2D eigenvalue weighted by molar-refractivity contribution is 6.21. The van der Waals surface area contributed by atoms with E-state index in [9.17, 15) is 14.4 Å². The molecular formula is C19H19N3O3. The third-order valence-corrected chi connectivity index (χ3v) is 4.26. The Bertz CT molecular complexity index is 795. The highest BCUT2D eigenvalue weighted by Crippen LogP contribution is 2.21. The van der Waals surface area contributed by atoms with Crippen molar-refractivity contribution in [1.82, 2.24) is 15.2 Å². The SMILES string of the molecule is CCC(NC(=O)CN1C(=O)c2cccnc2C1=O)c1ccc(C)cc1. The van der Waals surface area contributed by atoms with Crippen LogP contribution in [0.5, 0.6) is 0 Å². The van der Waals surface area contributed by atoms with E-state index in [1.54, 1.807) is 12.1 Å². The van der Waals surface area contributed by atoms with Gasteiger partial charge in [-0.05, 0) is 31.0 Å². The molecule has 1 unspecified atom stereocenters. The van der Waals surface area contributed by atoms with Gasteiger partial charge in [-0.15, -0.1) is 0 Å². The van der Waals surface area contributed by atoms with Crippen LogP contribution in [0.1, 0.15) is 51.4 Å². The lowest BCUT2D eigenvalue weighted by Crippen LogP contribution is -2.41. The average molecular weight is 337 g/mol. The van der Waals surface area contributed by atoms with E-state index in [2.05, 4.69) is 10.3 Å². The Kier molecular flexibility index (Phi) is 4.61. The predicted molar refractivity (Wildman–Crippen MR) is 92.0 cm³/mol. The first kappa shape index (κ1) is 16.8. The van der Waals surface area contributed by atoms with Gasteiger partial charge in [0.1, 0.15) is 12.2 Å². The van der Waals surface area contributed by atoms with Crippen LogP contribution in [-0.2, 0) is 4.79 Å². The molecular weight excluding hydrogens is 318 g/mol. The Morgan fingerprint density at radius 1 is 1.16 bits per heavy atom. The molecule has 6 heteroatoms. The average Bonchev–Trinajstić information content (AvgIpc) is 2.86. The van der Waals surface area contributed by atoms with Crippen LogP contribution in [0.3, 0.4) is 0 Å². The van der Waals surface area contributed by atoms with Crippen molar-refractivity contribution in [3.8, 4) is 0 Å². The molecule has 1 aromatic carbocycles. The molecule has 1 N–H and O–H groups in total. The molecule has 1 aliphatic heterocycles. The molecule has 0 spiro atoms. The summed E-state index contributed by atoms with van der Waals surface area (Å²) in [7, 11) is 0. The van der Waals surface area contributed by atoms with Crippen LogP contribution in [0.15, 0.2) is 42.6 Å². The number of nitrogens with zero attached hydrogens (tertiary/aromatic N) is 2. The normalized spacial score (nSPS) is 14.4. The summed E-state index contributed by atoms with van der Waals surface area (Å²) >= 11 is 0. The van der Waals surface area contributed by atoms with Gasteiger partial charge in [-0.1, -0.05) is 36.8 Å². The minimum absolute atomic E-state index is 0.103. The first-order chi connectivity index (χ1) is 12.0. The van der Waals surface area contributed by atoms with Gasteiger partial charge in [0.15, 0.2) is 0 Å². The molecule has 0 saturated heterocycles. The number of carbonyl (C=O) groups excluding carboxylic acids is 3. The second-order valence-corrected chi connectivity index (χ2v) is 6.04. The number of aryl methyl sites for hydroxylation is 1. The number of amides is 3. The van der Waals surface area contributed by atoms with Crippen LogP contribution < -0.4 is 5.32 Å². The molecule has 0 fully saturated rings. The number of carbonyl (C=O) groups is 3. The molecule has 3 rings (SSSR count). The van der Waals surface area contributed by atoms with E-state index in [0.29, 0.717) is 6.42 Å². The van der Waals surface area contributed by atoms with Crippen LogP contribution in [0, 0.1) is 6.92 Å². The van der Waals surface area contributed by atoms with E-state index in [1.165, 1.54) is 6.20 Å². The molecule has 1 aliphatic rings. The van der Waals surface area contributed by atoms with Gasteiger partial charge in [-0.3, -0.25) is 24.3 Å². The summed E-state index contributed by atoms with van der Waals surface area (Å²) in [6.07, 6.45) is 2.16. The molecule has 2 aromatic rings. The molecule has 2 heterocycles. The van der Waals surface area contributed by atoms with Crippen LogP contribution in [0.4, 0.5) is 0 Å². The number of hydrogen-bond acceptors (Lipinski definition) is 4. The Morgan fingerprint density at radius 3 is 2.52 bits per heavy atom. The highest BCUT2D eigenvalue weighted by Gasteiger charge is 2.37. The Balaban J connectivity index is 1.69. The number of rotatable bonds is 5. The van der Waals surface area contributed by atoms with Crippen LogP contribution in [0.25, 0.3) is 0 Å². The third kappa shape index (κ3) is 3.28. The van der Waals surface area contributed by atoms with Crippen molar-refractivity contribution in [2.24, 2.45) is 0 Å². The molecule has 6 nitrogen and oxygen atoms in total. The maximum atomic E-state index is 12.4. The lowest BCUT2D eigenvalue weighted by atomic mass is 10.0. The summed E-state index contributed by atoms with van der Waals surface area (Å²) in [5.41, 5.74) is 2.48. The van der Waals surface area contributed by atoms with E-state index in [4.69, 9.17) is 0 Å². The topological polar surface area (TPSA) is 79.4 Å². The molecule has 1 aromatic heterocycles. The minimum Gasteiger partial charge on any atom is -0.348 e. The van der Waals surface area contributed by atoms with Gasteiger partial charge in [0.2, 0.25) is 5.91 Å². The van der Waals surface area contributed by atoms with E-state index in [-0.39, 0.29) is 29.8 Å². The second kappa shape index (κ2) is 6.84. The summed E-state index contributed by atoms with van der Waals surface area (Å²) in [4.78, 5) is 41.8. The molecule has 0 saturated carbocycles. The largest absolute Gasteiger partial charge is 0.348 e. The lowest BCUT2D eigenvalue weighted by Gasteiger charge is -2.20. The first-order valence-electron chi connectivity index (χ1n) is 8.18. The van der Waals surface area contributed by atoms with Gasteiger partial charge < -0.3 is 5.32 Å². The van der Waals surface area contributed by atoms with Crippen molar-refractivity contribution in [2.45, 2.75) is 26.3 Å². The Morgan fingerprint density at radius 2 is 1.88 bits per heavy atom. The van der Waals surface area contributed by atoms with Crippen LogP contribution in [0.2, 0.25) is 0 Å². The van der Waals surface area contributed by atoms with Crippen molar-refractivity contribution in [1.29, 1.82) is 0 Å². The zero-order valence-electron chi connectivity index (χ0n) is 14.2. The zero-order chi connectivity index (χ0) is 18.0. The van der Waals surface area contributed by atoms with Crippen molar-refractivity contribution >= 4 is 17.7 Å². The summed E-state index contributed by atoms with van der Waals surface area (Å²) in [5.74, 6) is -1.38. The van der Waals surface area contributed by atoms with E-state index < -0.39 is 11.8 Å². The monoisotopic (exact) mass is 337 g/mol. The number of imide groups is 1. The van der Waals surface area contributed by atoms with Crippen LogP contribution in [-0.4, -0.2) is 34.2 Å². The van der Waals surface area contributed by atoms with Crippen LogP contribution >= 0.6 is 0 Å². The maximum Gasteiger partial charge on any atom is 0.280 e. The summed E-state index contributed by atoms with van der Waals surface area (Å²) < 4.78 is 0. The molecule has 0 bridgehead atoms. The van der Waals surface area contributed by atoms with Crippen molar-refractivity contribution < 1.29 is 14.4 Å². The predicted octanol–water partition coefficient (Wildman–Crippen LogP) is 2.25. The van der Waals surface area contributed by atoms with Crippen molar-refractivity contribution in [3.05, 3.63) is 65.0 Å². The fraction of sp³-hybridized carbons (Fsp3) is 0.263. The molecule has 128 valence electrons. The molecule has 0 radical (unpaired) electrons. The molecule has 1 atom stereocenters. The summed E-state index contributed by atoms with van der Waals surface area (Å²) in [6, 6.07) is 10.9. The molecule has 25 heavy (non-hydrogen) atoms. The van der Waals surface area contributed by atoms with Crippen molar-refractivity contribution in [2.75, 3.05) is 6.54 Å². The number of benzene rings is 1. The second-order valence-electron chi connectivity index (χ2n) is 6.04. The molecule has 3 amide bonds. The lowest BCUT2D eigenvalue weighted by molar-refractivity contribution is -0.122. The maximum absolute atomic E-state index is 12.4. The number of pyridine rings is 1. The summed E-state index contributed by atoms with van der Waals surface area (Å²) in [5, 5.41) is 2.89. The standard InChI is InChI=1S/C19H19N3O3/c1-3-15(13-8-6-12(2)7-9-13)21-16(23)11-22-18(24)14-5-4-10-20-17(14)19(22)25/h4-10,15H,3,11H2,1-2H3,(H,21,23). The Hall–Kier alpha value is -3.02. The van der Waals surface area contributed by atoms with Gasteiger partial charge in [-0.2, -0.15) is 0 Å². The van der Waals surface area contributed by atoms with E-state index >= 15 is 0 Å². The van der Waals surface area contributed by atoms with Gasteiger partial charge in [0.25, 0.3) is 11.8 Å². The minimum atomic E-state index is -0.529. The molecule has 0 aliphatic carbocycles. The number of nitrogens with one attached hydrogen (secondary N) is 1. The number of aromatic nitrogens is 1. The van der Waals surface area contributed by atoms with E-state index in [0.717, 1.165) is 16.0 Å². The van der Waals surface area contributed by atoms with Gasteiger partial charge in [-0.25, -0.2) is 0 Å². The highest BCUT2D eigenvalue weighted by atomic mass is 16.2. The first-order valence-corrected chi connectivity index (χ1v) is 8.18.